The summed E-state index contributed by atoms with van der Waals surface area (Å²) in [6.07, 6.45) is 5.66. The molecule has 0 spiro atoms. The van der Waals surface area contributed by atoms with Gasteiger partial charge in [0.25, 0.3) is 0 Å². The fourth-order valence-corrected chi connectivity index (χ4v) is 3.14. The van der Waals surface area contributed by atoms with E-state index in [1.54, 1.807) is 0 Å². The van der Waals surface area contributed by atoms with Crippen molar-refractivity contribution < 1.29 is 4.79 Å². The van der Waals surface area contributed by atoms with Crippen LogP contribution in [0.5, 0.6) is 0 Å². The van der Waals surface area contributed by atoms with Gasteiger partial charge >= 0.3 is 0 Å². The maximum atomic E-state index is 12.4. The molecule has 1 amide bonds. The summed E-state index contributed by atoms with van der Waals surface area (Å²) in [6, 6.07) is 8.53. The molecule has 102 valence electrons. The SMILES string of the molecule is NC1(CC(=O)N2CCc3ccccc3CC2)CCC1. The Balaban J connectivity index is 1.63. The first-order chi connectivity index (χ1) is 9.16. The van der Waals surface area contributed by atoms with Crippen LogP contribution in [-0.4, -0.2) is 29.4 Å². The molecule has 1 aromatic carbocycles. The van der Waals surface area contributed by atoms with Crippen LogP contribution in [0, 0.1) is 0 Å². The second-order valence-corrected chi connectivity index (χ2v) is 6.04. The number of fused-ring (bicyclic) bond motifs is 1. The average molecular weight is 258 g/mol. The van der Waals surface area contributed by atoms with Gasteiger partial charge in [-0.25, -0.2) is 0 Å². The minimum absolute atomic E-state index is 0.198. The second kappa shape index (κ2) is 4.97. The summed E-state index contributed by atoms with van der Waals surface area (Å²) in [4.78, 5) is 14.4. The summed E-state index contributed by atoms with van der Waals surface area (Å²) in [5, 5.41) is 0. The van der Waals surface area contributed by atoms with E-state index < -0.39 is 0 Å². The molecule has 1 aromatic rings. The molecule has 2 aliphatic rings. The first-order valence-electron chi connectivity index (χ1n) is 7.30. The zero-order chi connectivity index (χ0) is 13.3. The predicted molar refractivity (Wildman–Crippen MR) is 75.8 cm³/mol. The highest BCUT2D eigenvalue weighted by atomic mass is 16.2. The van der Waals surface area contributed by atoms with E-state index in [9.17, 15) is 4.79 Å². The third-order valence-electron chi connectivity index (χ3n) is 4.63. The quantitative estimate of drug-likeness (QED) is 0.880. The van der Waals surface area contributed by atoms with Gasteiger partial charge in [0.2, 0.25) is 5.91 Å². The maximum absolute atomic E-state index is 12.4. The zero-order valence-corrected chi connectivity index (χ0v) is 11.4. The van der Waals surface area contributed by atoms with Crippen molar-refractivity contribution in [3.63, 3.8) is 0 Å². The molecular weight excluding hydrogens is 236 g/mol. The Labute approximate surface area is 114 Å². The van der Waals surface area contributed by atoms with Crippen molar-refractivity contribution >= 4 is 5.91 Å². The van der Waals surface area contributed by atoms with Gasteiger partial charge in [-0.15, -0.1) is 0 Å². The van der Waals surface area contributed by atoms with Gasteiger partial charge in [-0.05, 0) is 43.2 Å². The van der Waals surface area contributed by atoms with E-state index in [2.05, 4.69) is 24.3 Å². The molecule has 19 heavy (non-hydrogen) atoms. The molecule has 0 radical (unpaired) electrons. The molecule has 0 saturated heterocycles. The Bertz CT molecular complexity index is 452. The third kappa shape index (κ3) is 2.66. The van der Waals surface area contributed by atoms with Gasteiger partial charge < -0.3 is 10.6 Å². The molecule has 0 bridgehead atoms. The predicted octanol–water partition coefficient (Wildman–Crippen LogP) is 1.89. The number of carbonyl (C=O) groups excluding carboxylic acids is 1. The monoisotopic (exact) mass is 258 g/mol. The molecule has 3 nitrogen and oxygen atoms in total. The second-order valence-electron chi connectivity index (χ2n) is 6.04. The van der Waals surface area contributed by atoms with Crippen LogP contribution in [0.25, 0.3) is 0 Å². The normalized spacial score (nSPS) is 21.2. The van der Waals surface area contributed by atoms with Crippen molar-refractivity contribution in [1.29, 1.82) is 0 Å². The Hall–Kier alpha value is -1.35. The summed E-state index contributed by atoms with van der Waals surface area (Å²) in [7, 11) is 0. The zero-order valence-electron chi connectivity index (χ0n) is 11.4. The van der Waals surface area contributed by atoms with Gasteiger partial charge in [-0.2, -0.15) is 0 Å². The molecule has 1 aliphatic carbocycles. The van der Waals surface area contributed by atoms with Gasteiger partial charge in [0.05, 0.1) is 0 Å². The first-order valence-corrected chi connectivity index (χ1v) is 7.30. The number of nitrogens with two attached hydrogens (primary N) is 1. The Morgan fingerprint density at radius 2 is 1.74 bits per heavy atom. The van der Waals surface area contributed by atoms with Crippen LogP contribution in [0.15, 0.2) is 24.3 Å². The minimum Gasteiger partial charge on any atom is -0.342 e. The molecule has 0 unspecified atom stereocenters. The Morgan fingerprint density at radius 1 is 1.16 bits per heavy atom. The van der Waals surface area contributed by atoms with Crippen molar-refractivity contribution in [1.82, 2.24) is 4.90 Å². The Kier molecular flexibility index (Phi) is 3.31. The van der Waals surface area contributed by atoms with Crippen LogP contribution in [0.2, 0.25) is 0 Å². The van der Waals surface area contributed by atoms with Crippen molar-refractivity contribution in [3.05, 3.63) is 35.4 Å². The number of hydrogen-bond acceptors (Lipinski definition) is 2. The van der Waals surface area contributed by atoms with Gasteiger partial charge in [-0.3, -0.25) is 4.79 Å². The highest BCUT2D eigenvalue weighted by Crippen LogP contribution is 2.32. The van der Waals surface area contributed by atoms with Crippen molar-refractivity contribution in [2.75, 3.05) is 13.1 Å². The fraction of sp³-hybridized carbons (Fsp3) is 0.562. The average Bonchev–Trinajstić information content (AvgIpc) is 2.59. The minimum atomic E-state index is -0.198. The molecule has 1 aliphatic heterocycles. The number of carbonyl (C=O) groups is 1. The topological polar surface area (TPSA) is 46.3 Å². The fourth-order valence-electron chi connectivity index (χ4n) is 3.14. The van der Waals surface area contributed by atoms with Crippen molar-refractivity contribution in [2.24, 2.45) is 5.73 Å². The number of hydrogen-bond donors (Lipinski definition) is 1. The van der Waals surface area contributed by atoms with E-state index in [1.165, 1.54) is 17.5 Å². The van der Waals surface area contributed by atoms with Crippen LogP contribution in [0.4, 0.5) is 0 Å². The van der Waals surface area contributed by atoms with Crippen LogP contribution >= 0.6 is 0 Å². The maximum Gasteiger partial charge on any atom is 0.224 e. The highest BCUT2D eigenvalue weighted by molar-refractivity contribution is 5.77. The van der Waals surface area contributed by atoms with Gasteiger partial charge in [0.1, 0.15) is 0 Å². The lowest BCUT2D eigenvalue weighted by Crippen LogP contribution is -2.50. The highest BCUT2D eigenvalue weighted by Gasteiger charge is 2.36. The lowest BCUT2D eigenvalue weighted by Gasteiger charge is -2.38. The molecule has 1 fully saturated rings. The molecule has 3 heteroatoms. The first kappa shape index (κ1) is 12.7. The van der Waals surface area contributed by atoms with E-state index in [0.717, 1.165) is 38.8 Å². The van der Waals surface area contributed by atoms with Gasteiger partial charge in [-0.1, -0.05) is 24.3 Å². The molecule has 0 aromatic heterocycles. The molecule has 2 N–H and O–H groups in total. The summed E-state index contributed by atoms with van der Waals surface area (Å²) >= 11 is 0. The van der Waals surface area contributed by atoms with Crippen molar-refractivity contribution in [3.8, 4) is 0 Å². The van der Waals surface area contributed by atoms with Crippen LogP contribution < -0.4 is 5.73 Å². The van der Waals surface area contributed by atoms with Gasteiger partial charge in [0, 0.05) is 25.0 Å². The molecule has 0 atom stereocenters. The number of nitrogens with zero attached hydrogens (tertiary/aromatic N) is 1. The van der Waals surface area contributed by atoms with E-state index >= 15 is 0 Å². The van der Waals surface area contributed by atoms with E-state index in [-0.39, 0.29) is 11.4 Å². The van der Waals surface area contributed by atoms with Crippen LogP contribution in [-0.2, 0) is 17.6 Å². The Morgan fingerprint density at radius 3 is 2.21 bits per heavy atom. The van der Waals surface area contributed by atoms with E-state index in [4.69, 9.17) is 5.73 Å². The van der Waals surface area contributed by atoms with E-state index in [0.29, 0.717) is 6.42 Å². The summed E-state index contributed by atoms with van der Waals surface area (Å²) < 4.78 is 0. The third-order valence-corrected chi connectivity index (χ3v) is 4.63. The molecule has 1 saturated carbocycles. The van der Waals surface area contributed by atoms with Crippen LogP contribution in [0.1, 0.15) is 36.8 Å². The lowest BCUT2D eigenvalue weighted by molar-refractivity contribution is -0.133. The number of amides is 1. The van der Waals surface area contributed by atoms with Crippen molar-refractivity contribution in [2.45, 2.75) is 44.1 Å². The number of rotatable bonds is 2. The smallest absolute Gasteiger partial charge is 0.224 e. The van der Waals surface area contributed by atoms with Gasteiger partial charge in [0.15, 0.2) is 0 Å². The molecular formula is C16H22N2O. The van der Waals surface area contributed by atoms with Crippen LogP contribution in [0.3, 0.4) is 0 Å². The lowest BCUT2D eigenvalue weighted by atomic mass is 9.75. The largest absolute Gasteiger partial charge is 0.342 e. The van der Waals surface area contributed by atoms with E-state index in [1.807, 2.05) is 4.90 Å². The molecule has 1 heterocycles. The number of benzene rings is 1. The summed E-state index contributed by atoms with van der Waals surface area (Å²) in [6.45, 7) is 1.68. The molecule has 3 rings (SSSR count). The summed E-state index contributed by atoms with van der Waals surface area (Å²) in [5.41, 5.74) is 8.77. The standard InChI is InChI=1S/C16H22N2O/c17-16(8-3-9-16)12-15(19)18-10-6-13-4-1-2-5-14(13)7-11-18/h1-2,4-5H,3,6-12,17H2. The summed E-state index contributed by atoms with van der Waals surface area (Å²) in [5.74, 6) is 0.245.